The third-order valence-corrected chi connectivity index (χ3v) is 3.87. The zero-order valence-corrected chi connectivity index (χ0v) is 13.3. The molecule has 0 atom stereocenters. The van der Waals surface area contributed by atoms with Crippen molar-refractivity contribution >= 4 is 11.9 Å². The lowest BCUT2D eigenvalue weighted by Crippen LogP contribution is -1.98. The van der Waals surface area contributed by atoms with E-state index in [-0.39, 0.29) is 17.3 Å². The zero-order chi connectivity index (χ0) is 16.6. The van der Waals surface area contributed by atoms with Crippen molar-refractivity contribution in [3.05, 3.63) is 58.3 Å². The standard InChI is InChI=1S/C19H18O4/c1-4-22-17-9-13(5-6-15(17)20)10-18-19(21)14-7-11(2)12(3)8-16(14)23-18/h5-10,20H,4H2,1-3H3/b18-10-. The predicted molar refractivity (Wildman–Crippen MR) is 88.1 cm³/mol. The van der Waals surface area contributed by atoms with Crippen molar-refractivity contribution in [1.82, 2.24) is 0 Å². The molecule has 118 valence electrons. The highest BCUT2D eigenvalue weighted by Crippen LogP contribution is 2.35. The number of phenols is 1. The quantitative estimate of drug-likeness (QED) is 0.870. The number of hydrogen-bond acceptors (Lipinski definition) is 4. The summed E-state index contributed by atoms with van der Waals surface area (Å²) in [4.78, 5) is 12.5. The summed E-state index contributed by atoms with van der Waals surface area (Å²) in [7, 11) is 0. The number of aryl methyl sites for hydroxylation is 2. The molecule has 0 saturated heterocycles. The Labute approximate surface area is 135 Å². The van der Waals surface area contributed by atoms with Gasteiger partial charge in [-0.3, -0.25) is 4.79 Å². The lowest BCUT2D eigenvalue weighted by molar-refractivity contribution is 0.101. The Balaban J connectivity index is 1.96. The molecule has 0 radical (unpaired) electrons. The molecule has 2 aromatic carbocycles. The van der Waals surface area contributed by atoms with E-state index in [1.54, 1.807) is 18.2 Å². The smallest absolute Gasteiger partial charge is 0.231 e. The van der Waals surface area contributed by atoms with Gasteiger partial charge in [-0.15, -0.1) is 0 Å². The molecule has 1 N–H and O–H groups in total. The highest BCUT2D eigenvalue weighted by molar-refractivity contribution is 6.14. The van der Waals surface area contributed by atoms with Gasteiger partial charge in [0.2, 0.25) is 5.78 Å². The number of carbonyl (C=O) groups excluding carboxylic acids is 1. The van der Waals surface area contributed by atoms with E-state index in [1.807, 2.05) is 32.9 Å². The molecule has 0 saturated carbocycles. The third-order valence-electron chi connectivity index (χ3n) is 3.87. The Bertz CT molecular complexity index is 818. The van der Waals surface area contributed by atoms with Gasteiger partial charge in [0.05, 0.1) is 12.2 Å². The number of hydrogen-bond donors (Lipinski definition) is 1. The maximum Gasteiger partial charge on any atom is 0.231 e. The third kappa shape index (κ3) is 2.80. The van der Waals surface area contributed by atoms with Crippen LogP contribution >= 0.6 is 0 Å². The monoisotopic (exact) mass is 310 g/mol. The van der Waals surface area contributed by atoms with E-state index in [4.69, 9.17) is 9.47 Å². The summed E-state index contributed by atoms with van der Waals surface area (Å²) in [6.45, 7) is 6.25. The van der Waals surface area contributed by atoms with Crippen molar-refractivity contribution in [2.24, 2.45) is 0 Å². The minimum atomic E-state index is -0.130. The molecule has 3 rings (SSSR count). The Morgan fingerprint density at radius 3 is 2.65 bits per heavy atom. The van der Waals surface area contributed by atoms with Gasteiger partial charge < -0.3 is 14.6 Å². The van der Waals surface area contributed by atoms with Crippen LogP contribution in [0.2, 0.25) is 0 Å². The minimum Gasteiger partial charge on any atom is -0.504 e. The summed E-state index contributed by atoms with van der Waals surface area (Å²) in [5.74, 6) is 1.19. The van der Waals surface area contributed by atoms with Crippen LogP contribution in [0.15, 0.2) is 36.1 Å². The van der Waals surface area contributed by atoms with Crippen LogP contribution in [-0.2, 0) is 0 Å². The maximum absolute atomic E-state index is 12.5. The molecule has 4 nitrogen and oxygen atoms in total. The number of rotatable bonds is 3. The molecule has 1 aliphatic heterocycles. The second-order valence-corrected chi connectivity index (χ2v) is 5.53. The van der Waals surface area contributed by atoms with Crippen molar-refractivity contribution < 1.29 is 19.4 Å². The fourth-order valence-corrected chi connectivity index (χ4v) is 2.49. The van der Waals surface area contributed by atoms with Crippen LogP contribution < -0.4 is 9.47 Å². The number of carbonyl (C=O) groups is 1. The molecule has 0 aromatic heterocycles. The molecule has 4 heteroatoms. The number of ketones is 1. The normalized spacial score (nSPS) is 14.7. The van der Waals surface area contributed by atoms with Gasteiger partial charge in [0.1, 0.15) is 5.75 Å². The molecular weight excluding hydrogens is 292 g/mol. The molecule has 2 aromatic rings. The van der Waals surface area contributed by atoms with Gasteiger partial charge >= 0.3 is 0 Å². The number of aromatic hydroxyl groups is 1. The first kappa shape index (κ1) is 15.2. The highest BCUT2D eigenvalue weighted by atomic mass is 16.5. The molecule has 0 amide bonds. The van der Waals surface area contributed by atoms with Crippen molar-refractivity contribution in [2.45, 2.75) is 20.8 Å². The molecule has 0 aliphatic carbocycles. The van der Waals surface area contributed by atoms with Crippen molar-refractivity contribution in [3.8, 4) is 17.2 Å². The minimum absolute atomic E-state index is 0.0715. The molecular formula is C19H18O4. The van der Waals surface area contributed by atoms with Gasteiger partial charge in [-0.2, -0.15) is 0 Å². The van der Waals surface area contributed by atoms with Gasteiger partial charge in [0.25, 0.3) is 0 Å². The molecule has 0 spiro atoms. The second kappa shape index (κ2) is 5.80. The van der Waals surface area contributed by atoms with Crippen LogP contribution in [0.3, 0.4) is 0 Å². The molecule has 0 fully saturated rings. The summed E-state index contributed by atoms with van der Waals surface area (Å²) in [6, 6.07) is 8.67. The van der Waals surface area contributed by atoms with E-state index in [0.717, 1.165) is 16.7 Å². The van der Waals surface area contributed by atoms with E-state index < -0.39 is 0 Å². The first-order valence-corrected chi connectivity index (χ1v) is 7.51. The number of benzene rings is 2. The molecule has 1 aliphatic rings. The van der Waals surface area contributed by atoms with Gasteiger partial charge in [0, 0.05) is 0 Å². The molecule has 23 heavy (non-hydrogen) atoms. The Morgan fingerprint density at radius 1 is 1.17 bits per heavy atom. The van der Waals surface area contributed by atoms with E-state index in [9.17, 15) is 9.90 Å². The fraction of sp³-hybridized carbons (Fsp3) is 0.211. The summed E-state index contributed by atoms with van der Waals surface area (Å²) in [6.07, 6.45) is 1.66. The number of Topliss-reactive ketones (excluding diaryl/α,β-unsaturated/α-hetero) is 1. The Kier molecular flexibility index (Phi) is 3.82. The SMILES string of the molecule is CCOc1cc(/C=C2\Oc3cc(C)c(C)cc3C2=O)ccc1O. The van der Waals surface area contributed by atoms with Crippen molar-refractivity contribution in [3.63, 3.8) is 0 Å². The van der Waals surface area contributed by atoms with E-state index >= 15 is 0 Å². The van der Waals surface area contributed by atoms with E-state index in [2.05, 4.69) is 0 Å². The Morgan fingerprint density at radius 2 is 1.91 bits per heavy atom. The highest BCUT2D eigenvalue weighted by Gasteiger charge is 2.27. The van der Waals surface area contributed by atoms with Crippen LogP contribution in [0.4, 0.5) is 0 Å². The van der Waals surface area contributed by atoms with Crippen LogP contribution in [0.1, 0.15) is 34.0 Å². The lowest BCUT2D eigenvalue weighted by Gasteiger charge is -2.06. The maximum atomic E-state index is 12.5. The lowest BCUT2D eigenvalue weighted by atomic mass is 10.0. The van der Waals surface area contributed by atoms with Crippen molar-refractivity contribution in [1.29, 1.82) is 0 Å². The largest absolute Gasteiger partial charge is 0.504 e. The number of allylic oxidation sites excluding steroid dienone is 1. The second-order valence-electron chi connectivity index (χ2n) is 5.53. The predicted octanol–water partition coefficient (Wildman–Crippen LogP) is 4.02. The van der Waals surface area contributed by atoms with E-state index in [1.165, 1.54) is 6.07 Å². The Hall–Kier alpha value is -2.75. The number of fused-ring (bicyclic) bond motifs is 1. The summed E-state index contributed by atoms with van der Waals surface area (Å²) >= 11 is 0. The average Bonchev–Trinajstić information content (AvgIpc) is 2.80. The summed E-state index contributed by atoms with van der Waals surface area (Å²) in [5.41, 5.74) is 3.46. The van der Waals surface area contributed by atoms with Gasteiger partial charge in [-0.1, -0.05) is 6.07 Å². The van der Waals surface area contributed by atoms with Crippen LogP contribution in [0.25, 0.3) is 6.08 Å². The topological polar surface area (TPSA) is 55.8 Å². The number of ether oxygens (including phenoxy) is 2. The first-order valence-electron chi connectivity index (χ1n) is 7.51. The number of phenolic OH excluding ortho intramolecular Hbond substituents is 1. The van der Waals surface area contributed by atoms with Crippen molar-refractivity contribution in [2.75, 3.05) is 6.61 Å². The average molecular weight is 310 g/mol. The summed E-state index contributed by atoms with van der Waals surface area (Å²) < 4.78 is 11.1. The summed E-state index contributed by atoms with van der Waals surface area (Å²) in [5, 5.41) is 9.74. The zero-order valence-electron chi connectivity index (χ0n) is 13.3. The molecule has 0 unspecified atom stereocenters. The first-order chi connectivity index (χ1) is 11.0. The molecule has 1 heterocycles. The van der Waals surface area contributed by atoms with Gasteiger partial charge in [-0.25, -0.2) is 0 Å². The molecule has 0 bridgehead atoms. The van der Waals surface area contributed by atoms with Gasteiger partial charge in [0.15, 0.2) is 17.3 Å². The fourth-order valence-electron chi connectivity index (χ4n) is 2.49. The van der Waals surface area contributed by atoms with Gasteiger partial charge in [-0.05, 0) is 67.8 Å². The van der Waals surface area contributed by atoms with Crippen LogP contribution in [0, 0.1) is 13.8 Å². The van der Waals surface area contributed by atoms with Crippen LogP contribution in [-0.4, -0.2) is 17.5 Å². The van der Waals surface area contributed by atoms with Crippen LogP contribution in [0.5, 0.6) is 17.2 Å². The van der Waals surface area contributed by atoms with E-state index in [0.29, 0.717) is 23.7 Å².